The van der Waals surface area contributed by atoms with Gasteiger partial charge in [-0.3, -0.25) is 0 Å². The highest BCUT2D eigenvalue weighted by molar-refractivity contribution is 5.40. The topological polar surface area (TPSA) is 39.6 Å². The van der Waals surface area contributed by atoms with E-state index in [2.05, 4.69) is 27.9 Å². The normalized spacial score (nSPS) is 29.1. The zero-order valence-corrected chi connectivity index (χ0v) is 12.5. The average molecular weight is 275 g/mol. The van der Waals surface area contributed by atoms with Gasteiger partial charge in [0.05, 0.1) is 6.10 Å². The maximum Gasteiger partial charge on any atom is 0.128 e. The lowest BCUT2D eigenvalue weighted by atomic mass is 9.84. The molecule has 2 fully saturated rings. The summed E-state index contributed by atoms with van der Waals surface area (Å²) in [5, 5.41) is 9.55. The summed E-state index contributed by atoms with van der Waals surface area (Å²) in [6.07, 6.45) is 5.27. The van der Waals surface area contributed by atoms with Crippen molar-refractivity contribution in [2.45, 2.75) is 38.3 Å². The molecule has 0 spiro atoms. The Hall–Kier alpha value is -1.13. The number of likely N-dealkylation sites (tertiary alicyclic amines) is 1. The molecule has 0 saturated carbocycles. The molecule has 2 unspecified atom stereocenters. The Kier molecular flexibility index (Phi) is 3.94. The number of hydrogen-bond donors (Lipinski definition) is 1. The van der Waals surface area contributed by atoms with Crippen LogP contribution in [0.25, 0.3) is 0 Å². The Morgan fingerprint density at radius 3 is 2.85 bits per heavy atom. The maximum absolute atomic E-state index is 9.55. The van der Waals surface area contributed by atoms with Crippen LogP contribution >= 0.6 is 0 Å². The molecule has 0 radical (unpaired) electrons. The maximum atomic E-state index is 9.55. The van der Waals surface area contributed by atoms with Crippen LogP contribution in [0.1, 0.15) is 37.9 Å². The van der Waals surface area contributed by atoms with Crippen molar-refractivity contribution in [1.82, 2.24) is 9.88 Å². The second-order valence-corrected chi connectivity index (χ2v) is 6.31. The second kappa shape index (κ2) is 5.70. The van der Waals surface area contributed by atoms with E-state index in [0.29, 0.717) is 0 Å². The highest BCUT2D eigenvalue weighted by Gasteiger charge is 2.34. The molecule has 0 aliphatic carbocycles. The van der Waals surface area contributed by atoms with Crippen LogP contribution in [0.2, 0.25) is 0 Å². The lowest BCUT2D eigenvalue weighted by Crippen LogP contribution is -2.52. The summed E-state index contributed by atoms with van der Waals surface area (Å²) in [7, 11) is 2.27. The summed E-state index contributed by atoms with van der Waals surface area (Å²) in [6.45, 7) is 5.24. The molecule has 4 heteroatoms. The van der Waals surface area contributed by atoms with Gasteiger partial charge in [0.1, 0.15) is 5.82 Å². The van der Waals surface area contributed by atoms with Crippen molar-refractivity contribution in [3.05, 3.63) is 23.9 Å². The lowest BCUT2D eigenvalue weighted by Gasteiger charge is -2.46. The number of fused-ring (bicyclic) bond motifs is 1. The average Bonchev–Trinajstić information content (AvgIpc) is 2.47. The van der Waals surface area contributed by atoms with Crippen LogP contribution in [0.3, 0.4) is 0 Å². The predicted octanol–water partition coefficient (Wildman–Crippen LogP) is 2.06. The van der Waals surface area contributed by atoms with Gasteiger partial charge in [0, 0.05) is 25.3 Å². The minimum absolute atomic E-state index is 0.436. The van der Waals surface area contributed by atoms with Gasteiger partial charge in [0.25, 0.3) is 0 Å². The zero-order chi connectivity index (χ0) is 14.1. The minimum Gasteiger partial charge on any atom is -0.389 e. The van der Waals surface area contributed by atoms with E-state index in [-0.39, 0.29) is 0 Å². The molecule has 4 nitrogen and oxygen atoms in total. The van der Waals surface area contributed by atoms with Gasteiger partial charge in [-0.05, 0) is 57.3 Å². The first-order chi connectivity index (χ1) is 9.65. The number of aliphatic hydroxyl groups excluding tert-OH is 1. The van der Waals surface area contributed by atoms with E-state index >= 15 is 0 Å². The number of piperidine rings is 2. The lowest BCUT2D eigenvalue weighted by molar-refractivity contribution is 0.102. The molecule has 3 rings (SSSR count). The number of hydrogen-bond acceptors (Lipinski definition) is 4. The molecule has 0 aromatic carbocycles. The fraction of sp³-hybridized carbons (Fsp3) is 0.688. The quantitative estimate of drug-likeness (QED) is 0.897. The van der Waals surface area contributed by atoms with Crippen molar-refractivity contribution < 1.29 is 5.11 Å². The molecule has 3 heterocycles. The highest BCUT2D eigenvalue weighted by atomic mass is 16.3. The van der Waals surface area contributed by atoms with Crippen molar-refractivity contribution in [3.63, 3.8) is 0 Å². The molecule has 1 aromatic heterocycles. The van der Waals surface area contributed by atoms with Gasteiger partial charge in [-0.25, -0.2) is 4.98 Å². The van der Waals surface area contributed by atoms with E-state index in [1.54, 1.807) is 13.1 Å². The summed E-state index contributed by atoms with van der Waals surface area (Å²) in [5.41, 5.74) is 0.890. The summed E-state index contributed by atoms with van der Waals surface area (Å²) >= 11 is 0. The minimum atomic E-state index is -0.436. The van der Waals surface area contributed by atoms with Gasteiger partial charge in [-0.1, -0.05) is 6.07 Å². The third-order valence-electron chi connectivity index (χ3n) is 4.92. The zero-order valence-electron chi connectivity index (χ0n) is 12.5. The van der Waals surface area contributed by atoms with Crippen LogP contribution in [0.5, 0.6) is 0 Å². The number of pyridine rings is 1. The Bertz CT molecular complexity index is 446. The number of aliphatic hydroxyl groups is 1. The van der Waals surface area contributed by atoms with Gasteiger partial charge in [0.15, 0.2) is 0 Å². The first kappa shape index (κ1) is 13.8. The Morgan fingerprint density at radius 1 is 1.30 bits per heavy atom. The molecule has 2 aliphatic rings. The van der Waals surface area contributed by atoms with Gasteiger partial charge in [-0.2, -0.15) is 0 Å². The number of rotatable bonds is 2. The first-order valence-electron chi connectivity index (χ1n) is 7.74. The summed E-state index contributed by atoms with van der Waals surface area (Å²) in [4.78, 5) is 9.48. The predicted molar refractivity (Wildman–Crippen MR) is 80.8 cm³/mol. The molecular weight excluding hydrogens is 250 g/mol. The molecular formula is C16H25N3O. The summed E-state index contributed by atoms with van der Waals surface area (Å²) in [6, 6.07) is 4.80. The fourth-order valence-electron chi connectivity index (χ4n) is 3.69. The Labute approximate surface area is 121 Å². The fourth-order valence-corrected chi connectivity index (χ4v) is 3.69. The smallest absolute Gasteiger partial charge is 0.128 e. The van der Waals surface area contributed by atoms with Crippen LogP contribution < -0.4 is 4.90 Å². The van der Waals surface area contributed by atoms with Gasteiger partial charge in [-0.15, -0.1) is 0 Å². The summed E-state index contributed by atoms with van der Waals surface area (Å²) < 4.78 is 0. The number of nitrogens with zero attached hydrogens (tertiary/aromatic N) is 3. The molecule has 1 N–H and O–H groups in total. The molecule has 2 saturated heterocycles. The van der Waals surface area contributed by atoms with Crippen LogP contribution in [0, 0.1) is 5.92 Å². The Morgan fingerprint density at radius 2 is 2.15 bits per heavy atom. The van der Waals surface area contributed by atoms with Crippen molar-refractivity contribution in [2.75, 3.05) is 31.6 Å². The van der Waals surface area contributed by atoms with Crippen LogP contribution in [-0.4, -0.2) is 47.7 Å². The summed E-state index contributed by atoms with van der Waals surface area (Å²) in [5.74, 6) is 1.84. The number of anilines is 1. The van der Waals surface area contributed by atoms with Crippen molar-refractivity contribution in [2.24, 2.45) is 5.92 Å². The van der Waals surface area contributed by atoms with Gasteiger partial charge in [0.2, 0.25) is 0 Å². The monoisotopic (exact) mass is 275 g/mol. The second-order valence-electron chi connectivity index (χ2n) is 6.31. The van der Waals surface area contributed by atoms with E-state index in [0.717, 1.165) is 36.4 Å². The largest absolute Gasteiger partial charge is 0.389 e. The molecule has 110 valence electrons. The van der Waals surface area contributed by atoms with Crippen molar-refractivity contribution >= 4 is 5.82 Å². The highest BCUT2D eigenvalue weighted by Crippen LogP contribution is 2.31. The van der Waals surface area contributed by atoms with E-state index in [4.69, 9.17) is 0 Å². The first-order valence-corrected chi connectivity index (χ1v) is 7.74. The third-order valence-corrected chi connectivity index (χ3v) is 4.92. The van der Waals surface area contributed by atoms with Gasteiger partial charge >= 0.3 is 0 Å². The standard InChI is InChI=1S/C16H25N3O/c1-12(20)13-5-6-16(17-10-13)19-9-7-15-14(11-19)4-3-8-18(15)2/h5-6,10,12,14-15,20H,3-4,7-9,11H2,1-2H3/t12-,14?,15?/m0/s1. The van der Waals surface area contributed by atoms with E-state index in [9.17, 15) is 5.11 Å². The Balaban J connectivity index is 1.69. The SMILES string of the molecule is C[C@H](O)c1ccc(N2CCC3C(CCCN3C)C2)nc1. The van der Waals surface area contributed by atoms with Crippen LogP contribution in [0.15, 0.2) is 18.3 Å². The van der Waals surface area contributed by atoms with Gasteiger partial charge < -0.3 is 14.9 Å². The van der Waals surface area contributed by atoms with E-state index < -0.39 is 6.10 Å². The van der Waals surface area contributed by atoms with Crippen LogP contribution in [0.4, 0.5) is 5.82 Å². The van der Waals surface area contributed by atoms with E-state index in [1.807, 2.05) is 6.07 Å². The molecule has 0 amide bonds. The molecule has 2 aliphatic heterocycles. The number of aromatic nitrogens is 1. The molecule has 20 heavy (non-hydrogen) atoms. The molecule has 0 bridgehead atoms. The van der Waals surface area contributed by atoms with Crippen molar-refractivity contribution in [1.29, 1.82) is 0 Å². The van der Waals surface area contributed by atoms with Crippen molar-refractivity contribution in [3.8, 4) is 0 Å². The van der Waals surface area contributed by atoms with Crippen LogP contribution in [-0.2, 0) is 0 Å². The third kappa shape index (κ3) is 2.67. The molecule has 3 atom stereocenters. The van der Waals surface area contributed by atoms with E-state index in [1.165, 1.54) is 25.8 Å². The molecule has 1 aromatic rings.